The number of nitriles is 1. The molecule has 1 atom stereocenters. The van der Waals surface area contributed by atoms with Crippen molar-refractivity contribution in [3.8, 4) is 6.07 Å². The molecule has 0 unspecified atom stereocenters. The van der Waals surface area contributed by atoms with Crippen LogP contribution in [-0.2, 0) is 10.8 Å². The summed E-state index contributed by atoms with van der Waals surface area (Å²) in [5, 5.41) is 9.24. The summed E-state index contributed by atoms with van der Waals surface area (Å²) < 4.78 is 11.3. The summed E-state index contributed by atoms with van der Waals surface area (Å²) in [5.74, 6) is -0.158. The second-order valence-corrected chi connectivity index (χ2v) is 6.22. The number of hydrogen-bond acceptors (Lipinski definition) is 3. The SMILES string of the molecule is CN(C(=O)c1ccc([S@](C)=O)cc1)C1(C#N)CCC1. The number of hydrogen-bond donors (Lipinski definition) is 0. The van der Waals surface area contributed by atoms with Crippen LogP contribution in [0.5, 0.6) is 0 Å². The van der Waals surface area contributed by atoms with Crippen LogP contribution >= 0.6 is 0 Å². The van der Waals surface area contributed by atoms with Crippen LogP contribution in [0.15, 0.2) is 29.2 Å². The Morgan fingerprint density at radius 3 is 2.32 bits per heavy atom. The Morgan fingerprint density at radius 2 is 1.95 bits per heavy atom. The third kappa shape index (κ3) is 2.41. The van der Waals surface area contributed by atoms with Crippen LogP contribution in [-0.4, -0.2) is 33.9 Å². The predicted octanol–water partition coefficient (Wildman–Crippen LogP) is 1.94. The Labute approximate surface area is 115 Å². The molecule has 5 heteroatoms. The van der Waals surface area contributed by atoms with Crippen molar-refractivity contribution < 1.29 is 9.00 Å². The largest absolute Gasteiger partial charge is 0.323 e. The van der Waals surface area contributed by atoms with Crippen molar-refractivity contribution in [1.82, 2.24) is 4.90 Å². The molecule has 0 aromatic heterocycles. The maximum atomic E-state index is 12.3. The Morgan fingerprint density at radius 1 is 1.37 bits per heavy atom. The first kappa shape index (κ1) is 13.8. The molecule has 1 saturated carbocycles. The zero-order valence-corrected chi connectivity index (χ0v) is 11.9. The third-order valence-corrected chi connectivity index (χ3v) is 4.70. The fourth-order valence-corrected chi connectivity index (χ4v) is 2.73. The van der Waals surface area contributed by atoms with Crippen LogP contribution < -0.4 is 0 Å². The fourth-order valence-electron chi connectivity index (χ4n) is 2.21. The Balaban J connectivity index is 2.20. The van der Waals surface area contributed by atoms with Crippen LogP contribution in [0, 0.1) is 11.3 Å². The summed E-state index contributed by atoms with van der Waals surface area (Å²) in [6.45, 7) is 0. The highest BCUT2D eigenvalue weighted by Gasteiger charge is 2.43. The van der Waals surface area contributed by atoms with E-state index in [0.29, 0.717) is 10.5 Å². The van der Waals surface area contributed by atoms with Gasteiger partial charge >= 0.3 is 0 Å². The lowest BCUT2D eigenvalue weighted by Gasteiger charge is -2.42. The summed E-state index contributed by atoms with van der Waals surface area (Å²) in [6, 6.07) is 8.97. The van der Waals surface area contributed by atoms with Crippen LogP contribution in [0.3, 0.4) is 0 Å². The quantitative estimate of drug-likeness (QED) is 0.847. The van der Waals surface area contributed by atoms with Gasteiger partial charge in [-0.1, -0.05) is 0 Å². The maximum Gasteiger partial charge on any atom is 0.254 e. The van der Waals surface area contributed by atoms with Crippen LogP contribution in [0.2, 0.25) is 0 Å². The van der Waals surface area contributed by atoms with Crippen LogP contribution in [0.1, 0.15) is 29.6 Å². The van der Waals surface area contributed by atoms with Crippen molar-refractivity contribution in [1.29, 1.82) is 5.26 Å². The predicted molar refractivity (Wildman–Crippen MR) is 73.1 cm³/mol. The van der Waals surface area contributed by atoms with Gasteiger partial charge in [0.25, 0.3) is 5.91 Å². The molecular formula is C14H16N2O2S. The molecule has 0 N–H and O–H groups in total. The molecule has 1 aliphatic rings. The van der Waals surface area contributed by atoms with Gasteiger partial charge in [0.15, 0.2) is 0 Å². The molecule has 4 nitrogen and oxygen atoms in total. The minimum Gasteiger partial charge on any atom is -0.323 e. The summed E-state index contributed by atoms with van der Waals surface area (Å²) in [4.78, 5) is 14.6. The van der Waals surface area contributed by atoms with Gasteiger partial charge < -0.3 is 4.90 Å². The van der Waals surface area contributed by atoms with Gasteiger partial charge in [-0.25, -0.2) is 0 Å². The van der Waals surface area contributed by atoms with Gasteiger partial charge in [-0.3, -0.25) is 9.00 Å². The highest BCUT2D eigenvalue weighted by Crippen LogP contribution is 2.36. The first-order valence-electron chi connectivity index (χ1n) is 6.13. The molecule has 19 heavy (non-hydrogen) atoms. The summed E-state index contributed by atoms with van der Waals surface area (Å²) >= 11 is 0. The Bertz CT molecular complexity index is 556. The van der Waals surface area contributed by atoms with E-state index in [-0.39, 0.29) is 5.91 Å². The number of nitrogens with zero attached hydrogens (tertiary/aromatic N) is 2. The van der Waals surface area contributed by atoms with Crippen LogP contribution in [0.4, 0.5) is 0 Å². The molecule has 0 aliphatic heterocycles. The minimum absolute atomic E-state index is 0.158. The number of carbonyl (C=O) groups is 1. The van der Waals surface area contributed by atoms with Gasteiger partial charge in [0, 0.05) is 34.6 Å². The number of carbonyl (C=O) groups excluding carboxylic acids is 1. The maximum absolute atomic E-state index is 12.3. The van der Waals surface area contributed by atoms with Gasteiger partial charge in [0.1, 0.15) is 5.54 Å². The van der Waals surface area contributed by atoms with Gasteiger partial charge in [0.2, 0.25) is 0 Å². The van der Waals surface area contributed by atoms with E-state index in [0.717, 1.165) is 19.3 Å². The van der Waals surface area contributed by atoms with Gasteiger partial charge in [-0.2, -0.15) is 5.26 Å². The van der Waals surface area contributed by atoms with Crippen LogP contribution in [0.25, 0.3) is 0 Å². The first-order chi connectivity index (χ1) is 9.00. The van der Waals surface area contributed by atoms with E-state index in [1.807, 2.05) is 0 Å². The highest BCUT2D eigenvalue weighted by molar-refractivity contribution is 7.84. The molecule has 1 aliphatic carbocycles. The van der Waals surface area contributed by atoms with Crippen molar-refractivity contribution in [3.05, 3.63) is 29.8 Å². The van der Waals surface area contributed by atoms with Crippen molar-refractivity contribution in [2.45, 2.75) is 29.7 Å². The van der Waals surface area contributed by atoms with Crippen molar-refractivity contribution in [3.63, 3.8) is 0 Å². The lowest BCUT2D eigenvalue weighted by molar-refractivity contribution is 0.0497. The number of amides is 1. The smallest absolute Gasteiger partial charge is 0.254 e. The highest BCUT2D eigenvalue weighted by atomic mass is 32.2. The third-order valence-electron chi connectivity index (χ3n) is 3.77. The summed E-state index contributed by atoms with van der Waals surface area (Å²) in [6.07, 6.45) is 4.06. The molecule has 2 rings (SSSR count). The van der Waals surface area contributed by atoms with E-state index >= 15 is 0 Å². The lowest BCUT2D eigenvalue weighted by Crippen LogP contribution is -2.53. The standard InChI is InChI=1S/C14H16N2O2S/c1-16(14(10-15)8-3-9-14)13(17)11-4-6-12(7-5-11)19(2)18/h4-7H,3,8-9H2,1-2H3/t19-/m0/s1. The molecule has 0 saturated heterocycles. The number of benzene rings is 1. The van der Waals surface area contributed by atoms with E-state index in [4.69, 9.17) is 0 Å². The van der Waals surface area contributed by atoms with E-state index < -0.39 is 16.3 Å². The molecule has 1 amide bonds. The van der Waals surface area contributed by atoms with E-state index in [9.17, 15) is 14.3 Å². The zero-order chi connectivity index (χ0) is 14.0. The van der Waals surface area contributed by atoms with Gasteiger partial charge in [-0.05, 0) is 43.5 Å². The molecule has 0 heterocycles. The molecule has 0 radical (unpaired) electrons. The molecular weight excluding hydrogens is 260 g/mol. The van der Waals surface area contributed by atoms with Gasteiger partial charge in [0.05, 0.1) is 6.07 Å². The van der Waals surface area contributed by atoms with E-state index in [1.54, 1.807) is 37.6 Å². The monoisotopic (exact) mass is 276 g/mol. The van der Waals surface area contributed by atoms with E-state index in [2.05, 4.69) is 6.07 Å². The van der Waals surface area contributed by atoms with Crippen molar-refractivity contribution >= 4 is 16.7 Å². The van der Waals surface area contributed by atoms with Gasteiger partial charge in [-0.15, -0.1) is 0 Å². The minimum atomic E-state index is -1.05. The second-order valence-electron chi connectivity index (χ2n) is 4.84. The number of rotatable bonds is 3. The molecule has 1 aromatic rings. The second kappa shape index (κ2) is 5.14. The summed E-state index contributed by atoms with van der Waals surface area (Å²) in [7, 11) is 0.630. The van der Waals surface area contributed by atoms with E-state index in [1.165, 1.54) is 4.90 Å². The normalized spacial score (nSPS) is 17.9. The van der Waals surface area contributed by atoms with Crippen molar-refractivity contribution in [2.75, 3.05) is 13.3 Å². The first-order valence-corrected chi connectivity index (χ1v) is 7.69. The summed E-state index contributed by atoms with van der Waals surface area (Å²) in [5.41, 5.74) is -0.109. The molecule has 0 bridgehead atoms. The average molecular weight is 276 g/mol. The Kier molecular flexibility index (Phi) is 3.72. The molecule has 1 fully saturated rings. The molecule has 100 valence electrons. The Hall–Kier alpha value is -1.67. The zero-order valence-electron chi connectivity index (χ0n) is 11.0. The topological polar surface area (TPSA) is 61.2 Å². The van der Waals surface area contributed by atoms with Crippen molar-refractivity contribution in [2.24, 2.45) is 0 Å². The molecule has 0 spiro atoms. The average Bonchev–Trinajstić information content (AvgIpc) is 2.37. The fraction of sp³-hybridized carbons (Fsp3) is 0.429. The molecule has 1 aromatic carbocycles. The lowest BCUT2D eigenvalue weighted by atomic mass is 9.76.